The van der Waals surface area contributed by atoms with Crippen molar-refractivity contribution in [1.29, 1.82) is 0 Å². The summed E-state index contributed by atoms with van der Waals surface area (Å²) in [4.78, 5) is 13.1. The Balaban J connectivity index is 2.42. The minimum Gasteiger partial charge on any atom is -0.288 e. The van der Waals surface area contributed by atoms with Crippen molar-refractivity contribution in [3.63, 3.8) is 0 Å². The molecule has 0 N–H and O–H groups in total. The molecule has 0 amide bonds. The van der Waals surface area contributed by atoms with Crippen molar-refractivity contribution in [3.05, 3.63) is 56.8 Å². The smallest absolute Gasteiger partial charge is 0.203 e. The Labute approximate surface area is 99.8 Å². The van der Waals surface area contributed by atoms with E-state index < -0.39 is 0 Å². The second-order valence-corrected chi connectivity index (χ2v) is 4.98. The Morgan fingerprint density at radius 1 is 1.00 bits per heavy atom. The average molecular weight is 230 g/mol. The SMILES string of the molecule is Cc1ccc(C(=O)c2sccc2C)cc1C. The molecule has 16 heavy (non-hydrogen) atoms. The van der Waals surface area contributed by atoms with Gasteiger partial charge in [0.05, 0.1) is 4.88 Å². The van der Waals surface area contributed by atoms with E-state index in [4.69, 9.17) is 0 Å². The van der Waals surface area contributed by atoms with Crippen LogP contribution in [0.15, 0.2) is 29.6 Å². The van der Waals surface area contributed by atoms with Gasteiger partial charge in [0.25, 0.3) is 0 Å². The van der Waals surface area contributed by atoms with Gasteiger partial charge in [-0.1, -0.05) is 12.1 Å². The topological polar surface area (TPSA) is 17.1 Å². The zero-order chi connectivity index (χ0) is 11.7. The number of carbonyl (C=O) groups is 1. The number of hydrogen-bond donors (Lipinski definition) is 0. The second-order valence-electron chi connectivity index (χ2n) is 4.06. The first-order chi connectivity index (χ1) is 7.59. The Bertz CT molecular complexity index is 537. The van der Waals surface area contributed by atoms with E-state index in [-0.39, 0.29) is 5.78 Å². The van der Waals surface area contributed by atoms with Crippen LogP contribution in [0.3, 0.4) is 0 Å². The van der Waals surface area contributed by atoms with Crippen LogP contribution in [-0.2, 0) is 0 Å². The quantitative estimate of drug-likeness (QED) is 0.715. The molecule has 0 aliphatic carbocycles. The minimum absolute atomic E-state index is 0.135. The fraction of sp³-hybridized carbons (Fsp3) is 0.214. The van der Waals surface area contributed by atoms with Gasteiger partial charge in [-0.15, -0.1) is 11.3 Å². The standard InChI is InChI=1S/C14H14OS/c1-9-4-5-12(8-11(9)3)13(15)14-10(2)6-7-16-14/h4-8H,1-3H3. The van der Waals surface area contributed by atoms with E-state index in [9.17, 15) is 4.79 Å². The molecular formula is C14H14OS. The first kappa shape index (κ1) is 11.1. The molecule has 0 saturated heterocycles. The van der Waals surface area contributed by atoms with Crippen molar-refractivity contribution in [1.82, 2.24) is 0 Å². The molecule has 0 bridgehead atoms. The predicted molar refractivity (Wildman–Crippen MR) is 68.4 cm³/mol. The summed E-state index contributed by atoms with van der Waals surface area (Å²) in [6, 6.07) is 7.87. The normalized spacial score (nSPS) is 10.4. The molecule has 82 valence electrons. The van der Waals surface area contributed by atoms with Gasteiger partial charge in [-0.25, -0.2) is 0 Å². The van der Waals surface area contributed by atoms with Crippen LogP contribution >= 0.6 is 11.3 Å². The lowest BCUT2D eigenvalue weighted by Gasteiger charge is -2.04. The molecule has 2 rings (SSSR count). The molecule has 0 radical (unpaired) electrons. The molecule has 0 spiro atoms. The minimum atomic E-state index is 0.135. The molecule has 1 aromatic carbocycles. The lowest BCUT2D eigenvalue weighted by atomic mass is 10.0. The van der Waals surface area contributed by atoms with Gasteiger partial charge in [0.2, 0.25) is 5.78 Å². The first-order valence-corrected chi connectivity index (χ1v) is 6.13. The van der Waals surface area contributed by atoms with E-state index in [1.54, 1.807) is 0 Å². The van der Waals surface area contributed by atoms with Crippen LogP contribution in [0.4, 0.5) is 0 Å². The van der Waals surface area contributed by atoms with E-state index in [1.807, 2.05) is 43.5 Å². The monoisotopic (exact) mass is 230 g/mol. The van der Waals surface area contributed by atoms with E-state index in [1.165, 1.54) is 22.5 Å². The fourth-order valence-corrected chi connectivity index (χ4v) is 2.51. The van der Waals surface area contributed by atoms with Crippen LogP contribution in [-0.4, -0.2) is 5.78 Å². The number of ketones is 1. The largest absolute Gasteiger partial charge is 0.288 e. The summed E-state index contributed by atoms with van der Waals surface area (Å²) in [5, 5.41) is 1.96. The van der Waals surface area contributed by atoms with Crippen LogP contribution in [0.1, 0.15) is 31.9 Å². The summed E-state index contributed by atoms with van der Waals surface area (Å²) in [5.41, 5.74) is 4.24. The highest BCUT2D eigenvalue weighted by Crippen LogP contribution is 2.21. The number of aryl methyl sites for hydroxylation is 3. The number of thiophene rings is 1. The van der Waals surface area contributed by atoms with Crippen molar-refractivity contribution in [2.45, 2.75) is 20.8 Å². The first-order valence-electron chi connectivity index (χ1n) is 5.25. The number of rotatable bonds is 2. The molecule has 0 aliphatic heterocycles. The van der Waals surface area contributed by atoms with Crippen LogP contribution in [0.2, 0.25) is 0 Å². The summed E-state index contributed by atoms with van der Waals surface area (Å²) in [6.07, 6.45) is 0. The second kappa shape index (κ2) is 4.22. The fourth-order valence-electron chi connectivity index (χ4n) is 1.62. The Morgan fingerprint density at radius 2 is 1.75 bits per heavy atom. The highest BCUT2D eigenvalue weighted by Gasteiger charge is 2.13. The molecule has 0 atom stereocenters. The third kappa shape index (κ3) is 1.93. The van der Waals surface area contributed by atoms with Crippen molar-refractivity contribution >= 4 is 17.1 Å². The summed E-state index contributed by atoms with van der Waals surface area (Å²) < 4.78 is 0. The van der Waals surface area contributed by atoms with Gasteiger partial charge in [0, 0.05) is 5.56 Å². The number of hydrogen-bond acceptors (Lipinski definition) is 2. The summed E-state index contributed by atoms with van der Waals surface area (Å²) in [5.74, 6) is 0.135. The van der Waals surface area contributed by atoms with Crippen molar-refractivity contribution in [2.75, 3.05) is 0 Å². The summed E-state index contributed by atoms with van der Waals surface area (Å²) >= 11 is 1.51. The third-order valence-corrected chi connectivity index (χ3v) is 3.85. The van der Waals surface area contributed by atoms with Crippen LogP contribution < -0.4 is 0 Å². The lowest BCUT2D eigenvalue weighted by molar-refractivity contribution is 0.104. The molecule has 0 unspecified atom stereocenters. The zero-order valence-corrected chi connectivity index (χ0v) is 10.5. The maximum absolute atomic E-state index is 12.2. The van der Waals surface area contributed by atoms with Gasteiger partial charge in [-0.3, -0.25) is 4.79 Å². The molecule has 1 heterocycles. The van der Waals surface area contributed by atoms with E-state index >= 15 is 0 Å². The summed E-state index contributed by atoms with van der Waals surface area (Å²) in [7, 11) is 0. The lowest BCUT2D eigenvalue weighted by Crippen LogP contribution is -2.01. The van der Waals surface area contributed by atoms with Crippen LogP contribution in [0.25, 0.3) is 0 Å². The molecule has 1 aromatic heterocycles. The van der Waals surface area contributed by atoms with E-state index in [0.717, 1.165) is 16.0 Å². The van der Waals surface area contributed by atoms with Gasteiger partial charge >= 0.3 is 0 Å². The molecule has 0 aliphatic rings. The van der Waals surface area contributed by atoms with Gasteiger partial charge in [-0.2, -0.15) is 0 Å². The zero-order valence-electron chi connectivity index (χ0n) is 9.70. The van der Waals surface area contributed by atoms with Crippen LogP contribution in [0, 0.1) is 20.8 Å². The van der Waals surface area contributed by atoms with Gasteiger partial charge < -0.3 is 0 Å². The predicted octanol–water partition coefficient (Wildman–Crippen LogP) is 3.90. The molecular weight excluding hydrogens is 216 g/mol. The molecule has 2 aromatic rings. The molecule has 1 nitrogen and oxygen atoms in total. The van der Waals surface area contributed by atoms with Crippen molar-refractivity contribution in [2.24, 2.45) is 0 Å². The molecule has 0 saturated carbocycles. The Hall–Kier alpha value is -1.41. The van der Waals surface area contributed by atoms with E-state index in [0.29, 0.717) is 0 Å². The van der Waals surface area contributed by atoms with Gasteiger partial charge in [0.1, 0.15) is 0 Å². The third-order valence-electron chi connectivity index (χ3n) is 2.84. The number of carbonyl (C=O) groups excluding carboxylic acids is 1. The van der Waals surface area contributed by atoms with Crippen molar-refractivity contribution in [3.8, 4) is 0 Å². The Kier molecular flexibility index (Phi) is 2.92. The average Bonchev–Trinajstić information content (AvgIpc) is 2.67. The summed E-state index contributed by atoms with van der Waals surface area (Å²) in [6.45, 7) is 6.07. The van der Waals surface area contributed by atoms with Crippen molar-refractivity contribution < 1.29 is 4.79 Å². The number of benzene rings is 1. The van der Waals surface area contributed by atoms with Gasteiger partial charge in [-0.05, 0) is 55.0 Å². The maximum Gasteiger partial charge on any atom is 0.203 e. The van der Waals surface area contributed by atoms with Gasteiger partial charge in [0.15, 0.2) is 0 Å². The van der Waals surface area contributed by atoms with E-state index in [2.05, 4.69) is 6.92 Å². The Morgan fingerprint density at radius 3 is 2.31 bits per heavy atom. The highest BCUT2D eigenvalue weighted by atomic mass is 32.1. The highest BCUT2D eigenvalue weighted by molar-refractivity contribution is 7.12. The molecule has 0 fully saturated rings. The van der Waals surface area contributed by atoms with Crippen LogP contribution in [0.5, 0.6) is 0 Å². The molecule has 2 heteroatoms. The maximum atomic E-state index is 12.2.